The Hall–Kier alpha value is -0.0800. The molecule has 0 aromatic carbocycles. The molecule has 2 heteroatoms. The van der Waals surface area contributed by atoms with Gasteiger partial charge in [-0.15, -0.1) is 0 Å². The van der Waals surface area contributed by atoms with Crippen molar-refractivity contribution in [2.24, 2.45) is 5.92 Å². The second kappa shape index (κ2) is 8.26. The lowest BCUT2D eigenvalue weighted by atomic mass is 9.76. The van der Waals surface area contributed by atoms with Crippen molar-refractivity contribution >= 4 is 0 Å². The second-order valence-electron chi connectivity index (χ2n) is 6.32. The third-order valence-electron chi connectivity index (χ3n) is 5.37. The largest absolute Gasteiger partial charge is 0.312 e. The molecule has 114 valence electrons. The summed E-state index contributed by atoms with van der Waals surface area (Å²) in [4.78, 5) is 2.80. The molecule has 2 unspecified atom stereocenters. The molecule has 1 aliphatic rings. The van der Waals surface area contributed by atoms with Gasteiger partial charge in [0.1, 0.15) is 0 Å². The molecule has 1 heterocycles. The first-order valence-electron chi connectivity index (χ1n) is 8.64. The number of nitrogens with zero attached hydrogens (tertiary/aromatic N) is 1. The van der Waals surface area contributed by atoms with Crippen molar-refractivity contribution in [2.75, 3.05) is 19.6 Å². The molecular formula is C17H36N2. The van der Waals surface area contributed by atoms with Gasteiger partial charge in [-0.05, 0) is 57.7 Å². The summed E-state index contributed by atoms with van der Waals surface area (Å²) in [6, 6.07) is 0.644. The fourth-order valence-electron chi connectivity index (χ4n) is 3.95. The number of likely N-dealkylation sites (tertiary alicyclic amines) is 1. The topological polar surface area (TPSA) is 15.3 Å². The summed E-state index contributed by atoms with van der Waals surface area (Å²) < 4.78 is 0. The zero-order valence-corrected chi connectivity index (χ0v) is 14.0. The van der Waals surface area contributed by atoms with Gasteiger partial charge in [0.15, 0.2) is 0 Å². The molecule has 1 N–H and O–H groups in total. The van der Waals surface area contributed by atoms with Crippen LogP contribution in [0.4, 0.5) is 0 Å². The highest BCUT2D eigenvalue weighted by atomic mass is 15.2. The molecule has 0 aliphatic carbocycles. The highest BCUT2D eigenvalue weighted by Gasteiger charge is 2.43. The minimum Gasteiger partial charge on any atom is -0.312 e. The molecule has 19 heavy (non-hydrogen) atoms. The van der Waals surface area contributed by atoms with E-state index in [1.165, 1.54) is 51.6 Å². The number of nitrogens with one attached hydrogen (secondary N) is 1. The van der Waals surface area contributed by atoms with Crippen molar-refractivity contribution in [1.29, 1.82) is 0 Å². The Kier molecular flexibility index (Phi) is 7.38. The first-order valence-corrected chi connectivity index (χ1v) is 8.64. The highest BCUT2D eigenvalue weighted by Crippen LogP contribution is 2.35. The SMILES string of the molecule is CCCNC(C(C)CC)C(CC)(CC)N1CCCC1. The van der Waals surface area contributed by atoms with Crippen LogP contribution in [0.3, 0.4) is 0 Å². The van der Waals surface area contributed by atoms with Gasteiger partial charge in [-0.3, -0.25) is 4.90 Å². The fraction of sp³-hybridized carbons (Fsp3) is 1.00. The molecule has 1 aliphatic heterocycles. The van der Waals surface area contributed by atoms with Crippen LogP contribution in [0, 0.1) is 5.92 Å². The minimum atomic E-state index is 0.376. The second-order valence-corrected chi connectivity index (χ2v) is 6.32. The smallest absolute Gasteiger partial charge is 0.0359 e. The number of rotatable bonds is 9. The van der Waals surface area contributed by atoms with Gasteiger partial charge in [-0.25, -0.2) is 0 Å². The molecular weight excluding hydrogens is 232 g/mol. The van der Waals surface area contributed by atoms with E-state index in [-0.39, 0.29) is 0 Å². The minimum absolute atomic E-state index is 0.376. The van der Waals surface area contributed by atoms with E-state index in [1.54, 1.807) is 0 Å². The van der Waals surface area contributed by atoms with Gasteiger partial charge in [0, 0.05) is 11.6 Å². The maximum absolute atomic E-state index is 3.90. The zero-order chi connectivity index (χ0) is 14.3. The summed E-state index contributed by atoms with van der Waals surface area (Å²) in [5.74, 6) is 0.757. The molecule has 1 saturated heterocycles. The summed E-state index contributed by atoms with van der Waals surface area (Å²) in [5, 5.41) is 3.90. The van der Waals surface area contributed by atoms with Crippen molar-refractivity contribution in [2.45, 2.75) is 84.7 Å². The number of hydrogen-bond acceptors (Lipinski definition) is 2. The van der Waals surface area contributed by atoms with E-state index < -0.39 is 0 Å². The molecule has 0 spiro atoms. The van der Waals surface area contributed by atoms with E-state index in [0.717, 1.165) is 12.5 Å². The zero-order valence-electron chi connectivity index (χ0n) is 14.0. The molecule has 1 rings (SSSR count). The Morgan fingerprint density at radius 3 is 2.05 bits per heavy atom. The van der Waals surface area contributed by atoms with Crippen LogP contribution in [0.2, 0.25) is 0 Å². The van der Waals surface area contributed by atoms with Crippen molar-refractivity contribution in [3.8, 4) is 0 Å². The summed E-state index contributed by atoms with van der Waals surface area (Å²) in [7, 11) is 0. The van der Waals surface area contributed by atoms with Gasteiger partial charge in [0.25, 0.3) is 0 Å². The van der Waals surface area contributed by atoms with Gasteiger partial charge >= 0.3 is 0 Å². The molecule has 2 atom stereocenters. The lowest BCUT2D eigenvalue weighted by molar-refractivity contribution is 0.0397. The van der Waals surface area contributed by atoms with E-state index in [2.05, 4.69) is 44.8 Å². The predicted octanol–water partition coefficient (Wildman–Crippen LogP) is 4.06. The average molecular weight is 268 g/mol. The summed E-state index contributed by atoms with van der Waals surface area (Å²) in [6.45, 7) is 15.6. The molecule has 0 bridgehead atoms. The standard InChI is InChI=1S/C17H36N2/c1-6-12-18-16(15(5)7-2)17(8-3,9-4)19-13-10-11-14-19/h15-16,18H,6-14H2,1-5H3. The van der Waals surface area contributed by atoms with Crippen LogP contribution < -0.4 is 5.32 Å². The quantitative estimate of drug-likeness (QED) is 0.678. The summed E-state index contributed by atoms with van der Waals surface area (Å²) >= 11 is 0. The number of hydrogen-bond donors (Lipinski definition) is 1. The van der Waals surface area contributed by atoms with Gasteiger partial charge in [-0.2, -0.15) is 0 Å². The summed E-state index contributed by atoms with van der Waals surface area (Å²) in [6.07, 6.45) is 7.84. The van der Waals surface area contributed by atoms with E-state index in [1.807, 2.05) is 0 Å². The van der Waals surface area contributed by atoms with Crippen LogP contribution >= 0.6 is 0 Å². The molecule has 0 aromatic heterocycles. The monoisotopic (exact) mass is 268 g/mol. The third kappa shape index (κ3) is 3.72. The van der Waals surface area contributed by atoms with Crippen LogP contribution in [-0.4, -0.2) is 36.1 Å². The van der Waals surface area contributed by atoms with Gasteiger partial charge in [0.05, 0.1) is 0 Å². The Balaban J connectivity index is 2.94. The Labute approximate surface area is 121 Å². The van der Waals surface area contributed by atoms with Crippen LogP contribution in [0.5, 0.6) is 0 Å². The van der Waals surface area contributed by atoms with Gasteiger partial charge in [0.2, 0.25) is 0 Å². The normalized spacial score (nSPS) is 20.7. The van der Waals surface area contributed by atoms with Crippen molar-refractivity contribution < 1.29 is 0 Å². The summed E-state index contributed by atoms with van der Waals surface area (Å²) in [5.41, 5.74) is 0.376. The lowest BCUT2D eigenvalue weighted by Crippen LogP contribution is -2.62. The van der Waals surface area contributed by atoms with Gasteiger partial charge in [-0.1, -0.05) is 41.0 Å². The predicted molar refractivity (Wildman–Crippen MR) is 85.7 cm³/mol. The first-order chi connectivity index (χ1) is 9.16. The molecule has 0 aromatic rings. The molecule has 0 saturated carbocycles. The van der Waals surface area contributed by atoms with Crippen molar-refractivity contribution in [3.05, 3.63) is 0 Å². The van der Waals surface area contributed by atoms with E-state index >= 15 is 0 Å². The lowest BCUT2D eigenvalue weighted by Gasteiger charge is -2.49. The highest BCUT2D eigenvalue weighted by molar-refractivity contribution is 5.02. The Morgan fingerprint density at radius 2 is 1.63 bits per heavy atom. The maximum atomic E-state index is 3.90. The van der Waals surface area contributed by atoms with Crippen molar-refractivity contribution in [3.63, 3.8) is 0 Å². The third-order valence-corrected chi connectivity index (χ3v) is 5.37. The van der Waals surface area contributed by atoms with Crippen LogP contribution in [-0.2, 0) is 0 Å². The van der Waals surface area contributed by atoms with Crippen LogP contribution in [0.1, 0.15) is 73.1 Å². The average Bonchev–Trinajstić information content (AvgIpc) is 2.97. The molecule has 2 nitrogen and oxygen atoms in total. The first kappa shape index (κ1) is 17.0. The maximum Gasteiger partial charge on any atom is 0.0359 e. The van der Waals surface area contributed by atoms with Crippen LogP contribution in [0.25, 0.3) is 0 Å². The van der Waals surface area contributed by atoms with Gasteiger partial charge < -0.3 is 5.32 Å². The van der Waals surface area contributed by atoms with Crippen LogP contribution in [0.15, 0.2) is 0 Å². The molecule has 0 amide bonds. The molecule has 1 fully saturated rings. The van der Waals surface area contributed by atoms with E-state index in [9.17, 15) is 0 Å². The Morgan fingerprint density at radius 1 is 1.05 bits per heavy atom. The Bertz CT molecular complexity index is 229. The van der Waals surface area contributed by atoms with E-state index in [4.69, 9.17) is 0 Å². The van der Waals surface area contributed by atoms with Crippen molar-refractivity contribution in [1.82, 2.24) is 10.2 Å². The van der Waals surface area contributed by atoms with E-state index in [0.29, 0.717) is 11.6 Å². The molecule has 0 radical (unpaired) electrons. The fourth-order valence-corrected chi connectivity index (χ4v) is 3.95.